The van der Waals surface area contributed by atoms with E-state index in [4.69, 9.17) is 4.18 Å². The summed E-state index contributed by atoms with van der Waals surface area (Å²) in [4.78, 5) is -0.566. The molecule has 0 amide bonds. The highest BCUT2D eigenvalue weighted by atomic mass is 32.2. The van der Waals surface area contributed by atoms with E-state index in [0.717, 1.165) is 11.1 Å². The van der Waals surface area contributed by atoms with E-state index in [9.17, 15) is 27.0 Å². The van der Waals surface area contributed by atoms with E-state index in [0.29, 0.717) is 5.56 Å². The van der Waals surface area contributed by atoms with Gasteiger partial charge in [0.25, 0.3) is 10.1 Å². The molecule has 0 bridgehead atoms. The second-order valence-electron chi connectivity index (χ2n) is 7.55. The summed E-state index contributed by atoms with van der Waals surface area (Å²) in [5.41, 5.74) is 2.05. The van der Waals surface area contributed by atoms with Crippen molar-refractivity contribution in [3.63, 3.8) is 0 Å². The van der Waals surface area contributed by atoms with Crippen molar-refractivity contribution in [2.45, 2.75) is 42.1 Å². The monoisotopic (exact) mass is 492 g/mol. The van der Waals surface area contributed by atoms with E-state index in [1.165, 1.54) is 36.4 Å². The van der Waals surface area contributed by atoms with E-state index in [1.807, 2.05) is 0 Å². The molecule has 0 saturated carbocycles. The largest absolute Gasteiger partial charge is 0.341 e. The standard InChI is InChI=1S/C23H24O8S2/c1-17-8-12-20(13-9-17)32(26,27)30-22(16-19-6-4-3-5-7-19)23(24,25)31-33(28,29)21-14-10-18(2)11-15-21/h3-15,22,24-25H,16H2,1-2H3/t22-/m0/s1. The molecule has 176 valence electrons. The summed E-state index contributed by atoms with van der Waals surface area (Å²) in [7, 11) is -9.17. The highest BCUT2D eigenvalue weighted by molar-refractivity contribution is 7.87. The minimum atomic E-state index is -4.67. The number of hydrogen-bond donors (Lipinski definition) is 2. The maximum Gasteiger partial charge on any atom is 0.322 e. The molecule has 8 nitrogen and oxygen atoms in total. The third-order valence-electron chi connectivity index (χ3n) is 4.78. The maximum atomic E-state index is 12.8. The molecule has 0 aromatic heterocycles. The van der Waals surface area contributed by atoms with E-state index in [2.05, 4.69) is 4.18 Å². The first-order valence-corrected chi connectivity index (χ1v) is 12.7. The van der Waals surface area contributed by atoms with Crippen LogP contribution < -0.4 is 0 Å². The third-order valence-corrected chi connectivity index (χ3v) is 7.43. The average Bonchev–Trinajstić information content (AvgIpc) is 2.74. The van der Waals surface area contributed by atoms with Gasteiger partial charge >= 0.3 is 16.1 Å². The van der Waals surface area contributed by atoms with E-state index in [1.54, 1.807) is 56.3 Å². The molecule has 3 aromatic rings. The van der Waals surface area contributed by atoms with Crippen LogP contribution in [0.3, 0.4) is 0 Å². The molecule has 0 spiro atoms. The fraction of sp³-hybridized carbons (Fsp3) is 0.217. The van der Waals surface area contributed by atoms with Crippen molar-refractivity contribution < 1.29 is 35.4 Å². The Hall–Kier alpha value is -2.60. The zero-order valence-electron chi connectivity index (χ0n) is 18.0. The molecule has 3 rings (SSSR count). The molecule has 0 aliphatic rings. The van der Waals surface area contributed by atoms with Gasteiger partial charge in [-0.1, -0.05) is 65.7 Å². The lowest BCUT2D eigenvalue weighted by molar-refractivity contribution is -0.329. The normalized spacial score (nSPS) is 13.6. The van der Waals surface area contributed by atoms with Gasteiger partial charge in [0, 0.05) is 6.42 Å². The smallest absolute Gasteiger partial charge is 0.322 e. The molecule has 1 atom stereocenters. The molecule has 0 unspecified atom stereocenters. The van der Waals surface area contributed by atoms with E-state index in [-0.39, 0.29) is 16.2 Å². The van der Waals surface area contributed by atoms with Gasteiger partial charge in [-0.15, -0.1) is 0 Å². The van der Waals surface area contributed by atoms with Gasteiger partial charge in [0.1, 0.15) is 0 Å². The second kappa shape index (κ2) is 9.72. The Labute approximate surface area is 193 Å². The van der Waals surface area contributed by atoms with Crippen LogP contribution in [0.15, 0.2) is 88.7 Å². The molecule has 33 heavy (non-hydrogen) atoms. The van der Waals surface area contributed by atoms with Crippen molar-refractivity contribution in [2.75, 3.05) is 0 Å². The highest BCUT2D eigenvalue weighted by Crippen LogP contribution is 2.27. The first-order chi connectivity index (χ1) is 15.4. The second-order valence-corrected chi connectivity index (χ2v) is 10.7. The van der Waals surface area contributed by atoms with Gasteiger partial charge in [-0.3, -0.25) is 4.18 Å². The van der Waals surface area contributed by atoms with Gasteiger partial charge in [0.2, 0.25) is 0 Å². The van der Waals surface area contributed by atoms with Crippen LogP contribution in [0.25, 0.3) is 0 Å². The molecule has 10 heteroatoms. The van der Waals surface area contributed by atoms with Crippen LogP contribution in [0, 0.1) is 13.8 Å². The average molecular weight is 493 g/mol. The molecule has 0 radical (unpaired) electrons. The van der Waals surface area contributed by atoms with Crippen molar-refractivity contribution >= 4 is 20.2 Å². The predicted octanol–water partition coefficient (Wildman–Crippen LogP) is 2.66. The topological polar surface area (TPSA) is 127 Å². The van der Waals surface area contributed by atoms with Crippen LogP contribution in [0.2, 0.25) is 0 Å². The summed E-state index contributed by atoms with van der Waals surface area (Å²) in [6.07, 6.45) is -2.38. The number of rotatable bonds is 9. The zero-order valence-corrected chi connectivity index (χ0v) is 19.6. The van der Waals surface area contributed by atoms with Crippen molar-refractivity contribution in [3.05, 3.63) is 95.6 Å². The molecule has 3 aromatic carbocycles. The van der Waals surface area contributed by atoms with Gasteiger partial charge in [0.15, 0.2) is 6.10 Å². The molecule has 0 heterocycles. The number of aryl methyl sites for hydroxylation is 2. The predicted molar refractivity (Wildman–Crippen MR) is 120 cm³/mol. The van der Waals surface area contributed by atoms with E-state index < -0.39 is 32.3 Å². The van der Waals surface area contributed by atoms with Crippen molar-refractivity contribution in [1.82, 2.24) is 0 Å². The number of benzene rings is 3. The van der Waals surface area contributed by atoms with Crippen LogP contribution in [0.4, 0.5) is 0 Å². The van der Waals surface area contributed by atoms with Crippen molar-refractivity contribution in [1.29, 1.82) is 0 Å². The summed E-state index contributed by atoms with van der Waals surface area (Å²) in [6.45, 7) is 3.52. The minimum Gasteiger partial charge on any atom is -0.341 e. The van der Waals surface area contributed by atoms with Crippen molar-refractivity contribution in [3.8, 4) is 0 Å². The van der Waals surface area contributed by atoms with Crippen LogP contribution in [0.5, 0.6) is 0 Å². The highest BCUT2D eigenvalue weighted by Gasteiger charge is 2.45. The SMILES string of the molecule is Cc1ccc(S(=O)(=O)O[C@@H](Cc2ccccc2)C(O)(O)OS(=O)(=O)c2ccc(C)cc2)cc1. The zero-order chi connectivity index (χ0) is 24.3. The molecular weight excluding hydrogens is 468 g/mol. The van der Waals surface area contributed by atoms with Gasteiger partial charge in [-0.25, -0.2) is 4.18 Å². The molecular formula is C23H24O8S2. The van der Waals surface area contributed by atoms with Gasteiger partial charge in [-0.2, -0.15) is 16.8 Å². The quantitative estimate of drug-likeness (QED) is 0.345. The lowest BCUT2D eigenvalue weighted by atomic mass is 10.1. The molecule has 0 fully saturated rings. The van der Waals surface area contributed by atoms with Gasteiger partial charge in [-0.05, 0) is 43.7 Å². The van der Waals surface area contributed by atoms with Crippen LogP contribution in [-0.4, -0.2) is 39.1 Å². The van der Waals surface area contributed by atoms with Crippen LogP contribution in [-0.2, 0) is 35.0 Å². The van der Waals surface area contributed by atoms with Gasteiger partial charge in [0.05, 0.1) is 9.79 Å². The Kier molecular flexibility index (Phi) is 7.37. The molecule has 0 aliphatic heterocycles. The van der Waals surface area contributed by atoms with E-state index >= 15 is 0 Å². The fourth-order valence-electron chi connectivity index (χ4n) is 2.94. The minimum absolute atomic E-state index is 0.233. The lowest BCUT2D eigenvalue weighted by Gasteiger charge is -2.29. The summed E-state index contributed by atoms with van der Waals surface area (Å²) >= 11 is 0. The first-order valence-electron chi connectivity index (χ1n) is 9.90. The summed E-state index contributed by atoms with van der Waals surface area (Å²) < 4.78 is 60.7. The Balaban J connectivity index is 1.95. The summed E-state index contributed by atoms with van der Waals surface area (Å²) in [5.74, 6) is -3.50. The maximum absolute atomic E-state index is 12.8. The third kappa shape index (κ3) is 6.47. The summed E-state index contributed by atoms with van der Waals surface area (Å²) in [6, 6.07) is 19.4. The number of hydrogen-bond acceptors (Lipinski definition) is 8. The first kappa shape index (κ1) is 25.0. The fourth-order valence-corrected chi connectivity index (χ4v) is 5.02. The Morgan fingerprint density at radius 1 is 0.727 bits per heavy atom. The van der Waals surface area contributed by atoms with Gasteiger partial charge < -0.3 is 10.2 Å². The lowest BCUT2D eigenvalue weighted by Crippen LogP contribution is -2.49. The summed E-state index contributed by atoms with van der Waals surface area (Å²) in [5, 5.41) is 21.2. The van der Waals surface area contributed by atoms with Crippen molar-refractivity contribution in [2.24, 2.45) is 0 Å². The van der Waals surface area contributed by atoms with Crippen LogP contribution >= 0.6 is 0 Å². The Morgan fingerprint density at radius 2 is 1.18 bits per heavy atom. The molecule has 0 saturated heterocycles. The Bertz CT molecular complexity index is 1280. The Morgan fingerprint density at radius 3 is 1.67 bits per heavy atom. The molecule has 2 N–H and O–H groups in total. The number of aliphatic hydroxyl groups is 2. The van der Waals surface area contributed by atoms with Crippen LogP contribution in [0.1, 0.15) is 16.7 Å². The molecule has 0 aliphatic carbocycles.